The van der Waals surface area contributed by atoms with Gasteiger partial charge in [0.25, 0.3) is 0 Å². The number of H-pyrrole nitrogens is 1. The third-order valence-electron chi connectivity index (χ3n) is 5.11. The fourth-order valence-corrected chi connectivity index (χ4v) is 3.45. The third-order valence-corrected chi connectivity index (χ3v) is 5.11. The average molecular weight is 366 g/mol. The molecule has 0 aliphatic carbocycles. The number of quaternary nitrogens is 1. The van der Waals surface area contributed by atoms with Crippen LogP contribution in [0.4, 0.5) is 5.69 Å². The van der Waals surface area contributed by atoms with E-state index in [1.807, 2.05) is 27.1 Å². The second-order valence-electron chi connectivity index (χ2n) is 7.11. The van der Waals surface area contributed by atoms with Crippen LogP contribution in [0.25, 0.3) is 10.9 Å². The van der Waals surface area contributed by atoms with E-state index < -0.39 is 0 Å². The molecule has 0 aliphatic rings. The Kier molecular flexibility index (Phi) is 5.81. The fraction of sp³-hybridized carbons (Fsp3) is 0.318. The van der Waals surface area contributed by atoms with Gasteiger partial charge >= 0.3 is 5.97 Å². The van der Waals surface area contributed by atoms with Gasteiger partial charge in [0, 0.05) is 36.9 Å². The van der Waals surface area contributed by atoms with Gasteiger partial charge in [0.2, 0.25) is 0 Å². The summed E-state index contributed by atoms with van der Waals surface area (Å²) in [5, 5.41) is 3.27. The van der Waals surface area contributed by atoms with Crippen LogP contribution in [-0.2, 0) is 9.53 Å². The van der Waals surface area contributed by atoms with Gasteiger partial charge in [-0.3, -0.25) is 0 Å². The molecule has 3 rings (SSSR count). The van der Waals surface area contributed by atoms with Crippen LogP contribution in [0, 0.1) is 0 Å². The Morgan fingerprint density at radius 2 is 1.85 bits per heavy atom. The number of methoxy groups -OCH3 is 1. The third kappa shape index (κ3) is 4.14. The minimum atomic E-state index is -0.233. The summed E-state index contributed by atoms with van der Waals surface area (Å²) in [4.78, 5) is 17.3. The molecule has 0 radical (unpaired) electrons. The lowest BCUT2D eigenvalue weighted by Gasteiger charge is -2.19. The van der Waals surface area contributed by atoms with E-state index in [1.54, 1.807) is 0 Å². The van der Waals surface area contributed by atoms with Crippen molar-refractivity contribution in [2.24, 2.45) is 0 Å². The van der Waals surface area contributed by atoms with Crippen LogP contribution >= 0.6 is 0 Å². The lowest BCUT2D eigenvalue weighted by atomic mass is 9.90. The van der Waals surface area contributed by atoms with Gasteiger partial charge in [0.15, 0.2) is 6.04 Å². The smallest absolute Gasteiger partial charge is 0.364 e. The molecule has 2 atom stereocenters. The summed E-state index contributed by atoms with van der Waals surface area (Å²) in [6.45, 7) is 2.65. The topological polar surface area (TPSA) is 61.9 Å². The van der Waals surface area contributed by atoms with E-state index in [0.717, 1.165) is 12.1 Å². The van der Waals surface area contributed by atoms with Crippen molar-refractivity contribution in [2.45, 2.75) is 18.9 Å². The summed E-state index contributed by atoms with van der Waals surface area (Å²) >= 11 is 0. The summed E-state index contributed by atoms with van der Waals surface area (Å²) in [6, 6.07) is 16.7. The van der Waals surface area contributed by atoms with Crippen molar-refractivity contribution in [3.63, 3.8) is 0 Å². The predicted octanol–water partition coefficient (Wildman–Crippen LogP) is 2.49. The molecule has 0 amide bonds. The number of carbonyl (C=O) groups is 1. The maximum Gasteiger partial charge on any atom is 0.364 e. The van der Waals surface area contributed by atoms with Gasteiger partial charge in [-0.1, -0.05) is 30.3 Å². The largest absolute Gasteiger partial charge is 0.465 e. The standard InChI is InChI=1S/C22H27N3O2/c1-15(22(26)27-4)23-13-19(16-9-11-17(12-10-16)25(2)3)20-14-24-21-8-6-5-7-18(20)21/h5-12,14-15,19,23-24H,13H2,1-4H3/p+1/t15-,19+/m0/s1. The number of rotatable bonds is 7. The van der Waals surface area contributed by atoms with Gasteiger partial charge in [0.1, 0.15) is 0 Å². The van der Waals surface area contributed by atoms with Crippen molar-refractivity contribution in [1.29, 1.82) is 0 Å². The molecule has 0 spiro atoms. The van der Waals surface area contributed by atoms with Gasteiger partial charge in [-0.25, -0.2) is 4.79 Å². The maximum absolute atomic E-state index is 11.8. The van der Waals surface area contributed by atoms with Crippen molar-refractivity contribution >= 4 is 22.6 Å². The molecule has 1 aromatic heterocycles. The minimum Gasteiger partial charge on any atom is -0.465 e. The van der Waals surface area contributed by atoms with E-state index in [2.05, 4.69) is 63.9 Å². The van der Waals surface area contributed by atoms with Crippen molar-refractivity contribution in [3.05, 3.63) is 65.9 Å². The van der Waals surface area contributed by atoms with E-state index in [9.17, 15) is 4.79 Å². The number of aromatic amines is 1. The maximum atomic E-state index is 11.8. The minimum absolute atomic E-state index is 0.171. The number of fused-ring (bicyclic) bond motifs is 1. The first-order valence-corrected chi connectivity index (χ1v) is 9.25. The second kappa shape index (κ2) is 8.27. The van der Waals surface area contributed by atoms with E-state index in [4.69, 9.17) is 4.74 Å². The van der Waals surface area contributed by atoms with Gasteiger partial charge in [-0.05, 0) is 36.2 Å². The van der Waals surface area contributed by atoms with Crippen LogP contribution in [0.5, 0.6) is 0 Å². The van der Waals surface area contributed by atoms with Crippen LogP contribution in [0.2, 0.25) is 0 Å². The number of hydrogen-bond donors (Lipinski definition) is 2. The lowest BCUT2D eigenvalue weighted by molar-refractivity contribution is -0.676. The predicted molar refractivity (Wildman–Crippen MR) is 109 cm³/mol. The number of nitrogens with zero attached hydrogens (tertiary/aromatic N) is 1. The summed E-state index contributed by atoms with van der Waals surface area (Å²) in [5.41, 5.74) is 4.78. The number of aromatic nitrogens is 1. The number of ether oxygens (including phenoxy) is 1. The van der Waals surface area contributed by atoms with Crippen molar-refractivity contribution < 1.29 is 14.8 Å². The number of carbonyl (C=O) groups excluding carboxylic acids is 1. The zero-order valence-electron chi connectivity index (χ0n) is 16.4. The number of nitrogens with one attached hydrogen (secondary N) is 1. The Morgan fingerprint density at radius 1 is 1.15 bits per heavy atom. The zero-order valence-corrected chi connectivity index (χ0v) is 16.4. The molecule has 3 aromatic rings. The SMILES string of the molecule is COC(=O)[C@H](C)[NH2+]C[C@H](c1ccc(N(C)C)cc1)c1c[nH]c2ccccc12. The van der Waals surface area contributed by atoms with Gasteiger partial charge in [-0.2, -0.15) is 0 Å². The second-order valence-corrected chi connectivity index (χ2v) is 7.11. The molecule has 5 nitrogen and oxygen atoms in total. The van der Waals surface area contributed by atoms with Crippen LogP contribution in [0.3, 0.4) is 0 Å². The Bertz CT molecular complexity index is 899. The van der Waals surface area contributed by atoms with Crippen molar-refractivity contribution in [1.82, 2.24) is 4.98 Å². The van der Waals surface area contributed by atoms with Crippen LogP contribution < -0.4 is 10.2 Å². The highest BCUT2D eigenvalue weighted by atomic mass is 16.5. The molecule has 0 saturated carbocycles. The van der Waals surface area contributed by atoms with Gasteiger partial charge in [-0.15, -0.1) is 0 Å². The lowest BCUT2D eigenvalue weighted by Crippen LogP contribution is -2.92. The first-order valence-electron chi connectivity index (χ1n) is 9.25. The number of para-hydroxylation sites is 1. The molecular formula is C22H28N3O2+. The number of anilines is 1. The zero-order chi connectivity index (χ0) is 19.4. The van der Waals surface area contributed by atoms with Gasteiger partial charge < -0.3 is 19.9 Å². The normalized spacial score (nSPS) is 13.3. The van der Waals surface area contributed by atoms with E-state index in [1.165, 1.54) is 29.3 Å². The summed E-state index contributed by atoms with van der Waals surface area (Å²) in [5.74, 6) is -0.0277. The van der Waals surface area contributed by atoms with Crippen molar-refractivity contribution in [2.75, 3.05) is 32.6 Å². The molecular weight excluding hydrogens is 338 g/mol. The monoisotopic (exact) mass is 366 g/mol. The molecule has 1 heterocycles. The molecule has 0 aliphatic heterocycles. The summed E-state index contributed by atoms with van der Waals surface area (Å²) in [6.07, 6.45) is 2.09. The molecule has 0 bridgehead atoms. The van der Waals surface area contributed by atoms with Crippen LogP contribution in [-0.4, -0.2) is 44.7 Å². The molecule has 0 saturated heterocycles. The number of esters is 1. The van der Waals surface area contributed by atoms with E-state index in [0.29, 0.717) is 0 Å². The molecule has 2 aromatic carbocycles. The molecule has 5 heteroatoms. The summed E-state index contributed by atoms with van der Waals surface area (Å²) in [7, 11) is 5.51. The Morgan fingerprint density at radius 3 is 2.52 bits per heavy atom. The molecule has 3 N–H and O–H groups in total. The van der Waals surface area contributed by atoms with Crippen LogP contribution in [0.1, 0.15) is 24.0 Å². The highest BCUT2D eigenvalue weighted by Crippen LogP contribution is 2.30. The molecule has 142 valence electrons. The first kappa shape index (κ1) is 19.0. The van der Waals surface area contributed by atoms with Crippen molar-refractivity contribution in [3.8, 4) is 0 Å². The Hall–Kier alpha value is -2.79. The highest BCUT2D eigenvalue weighted by Gasteiger charge is 2.23. The van der Waals surface area contributed by atoms with Crippen LogP contribution in [0.15, 0.2) is 54.7 Å². The highest BCUT2D eigenvalue weighted by molar-refractivity contribution is 5.84. The molecule has 0 fully saturated rings. The fourth-order valence-electron chi connectivity index (χ4n) is 3.45. The number of nitrogens with two attached hydrogens (primary N) is 1. The van der Waals surface area contributed by atoms with Gasteiger partial charge in [0.05, 0.1) is 19.6 Å². The van der Waals surface area contributed by atoms with E-state index >= 15 is 0 Å². The number of hydrogen-bond acceptors (Lipinski definition) is 3. The average Bonchev–Trinajstić information content (AvgIpc) is 3.11. The Labute approximate surface area is 160 Å². The quantitative estimate of drug-likeness (QED) is 0.632. The Balaban J connectivity index is 1.94. The first-order chi connectivity index (χ1) is 13.0. The van der Waals surface area contributed by atoms with E-state index in [-0.39, 0.29) is 17.9 Å². The molecule has 27 heavy (non-hydrogen) atoms. The summed E-state index contributed by atoms with van der Waals surface area (Å²) < 4.78 is 4.87. The molecule has 0 unspecified atom stereocenters. The number of benzene rings is 2.